The normalized spacial score (nSPS) is 22.2. The lowest BCUT2D eigenvalue weighted by atomic mass is 10.1. The minimum atomic E-state index is 0.326. The number of hydrogen-bond acceptors (Lipinski definition) is 4. The zero-order valence-electron chi connectivity index (χ0n) is 9.72. The predicted octanol–water partition coefficient (Wildman–Crippen LogP) is 0.761. The second kappa shape index (κ2) is 5.39. The van der Waals surface area contributed by atoms with Gasteiger partial charge in [-0.2, -0.15) is 0 Å². The Balaban J connectivity index is 2.02. The van der Waals surface area contributed by atoms with Crippen molar-refractivity contribution >= 4 is 0 Å². The van der Waals surface area contributed by atoms with Crippen molar-refractivity contribution < 1.29 is 4.74 Å². The molecule has 2 heterocycles. The van der Waals surface area contributed by atoms with Crippen LogP contribution in [0.25, 0.3) is 0 Å². The van der Waals surface area contributed by atoms with E-state index in [1.54, 1.807) is 6.20 Å². The van der Waals surface area contributed by atoms with Gasteiger partial charge in [-0.05, 0) is 18.6 Å². The Hall–Kier alpha value is -0.970. The molecule has 1 aliphatic heterocycles. The predicted molar refractivity (Wildman–Crippen MR) is 62.8 cm³/mol. The van der Waals surface area contributed by atoms with Crippen molar-refractivity contribution in [3.63, 3.8) is 0 Å². The van der Waals surface area contributed by atoms with Gasteiger partial charge in [0.25, 0.3) is 0 Å². The van der Waals surface area contributed by atoms with E-state index in [4.69, 9.17) is 10.5 Å². The molecule has 1 aromatic rings. The van der Waals surface area contributed by atoms with E-state index in [0.717, 1.165) is 31.9 Å². The second-order valence-electron chi connectivity index (χ2n) is 4.23. The molecule has 0 spiro atoms. The maximum absolute atomic E-state index is 5.68. The fraction of sp³-hybridized carbons (Fsp3) is 0.583. The van der Waals surface area contributed by atoms with Crippen LogP contribution in [0, 0.1) is 0 Å². The van der Waals surface area contributed by atoms with Gasteiger partial charge in [-0.3, -0.25) is 9.88 Å². The second-order valence-corrected chi connectivity index (χ2v) is 4.23. The summed E-state index contributed by atoms with van der Waals surface area (Å²) in [5.74, 6) is 0. The van der Waals surface area contributed by atoms with Crippen LogP contribution in [-0.2, 0) is 17.8 Å². The number of morpholine rings is 1. The molecule has 1 aliphatic rings. The number of ether oxygens (including phenoxy) is 1. The van der Waals surface area contributed by atoms with E-state index < -0.39 is 0 Å². The number of hydrogen-bond donors (Lipinski definition) is 1. The van der Waals surface area contributed by atoms with E-state index in [1.807, 2.05) is 6.07 Å². The zero-order chi connectivity index (χ0) is 11.4. The van der Waals surface area contributed by atoms with E-state index in [-0.39, 0.29) is 0 Å². The summed E-state index contributed by atoms with van der Waals surface area (Å²) in [4.78, 5) is 6.69. The minimum Gasteiger partial charge on any atom is -0.376 e. The van der Waals surface area contributed by atoms with Crippen LogP contribution in [-0.4, -0.2) is 35.7 Å². The number of nitrogens with zero attached hydrogens (tertiary/aromatic N) is 2. The summed E-state index contributed by atoms with van der Waals surface area (Å²) in [5.41, 5.74) is 7.91. The molecule has 0 aliphatic carbocycles. The van der Waals surface area contributed by atoms with Gasteiger partial charge in [-0.25, -0.2) is 0 Å². The van der Waals surface area contributed by atoms with Gasteiger partial charge in [0.05, 0.1) is 18.4 Å². The third kappa shape index (κ3) is 2.78. The molecular formula is C12H19N3O. The Morgan fingerprint density at radius 3 is 3.25 bits per heavy atom. The van der Waals surface area contributed by atoms with Gasteiger partial charge in [0.1, 0.15) is 0 Å². The van der Waals surface area contributed by atoms with Crippen molar-refractivity contribution in [3.05, 3.63) is 29.6 Å². The highest BCUT2D eigenvalue weighted by Crippen LogP contribution is 2.12. The monoisotopic (exact) mass is 221 g/mol. The van der Waals surface area contributed by atoms with Gasteiger partial charge in [-0.15, -0.1) is 0 Å². The van der Waals surface area contributed by atoms with Crippen LogP contribution in [0.4, 0.5) is 0 Å². The van der Waals surface area contributed by atoms with Crippen molar-refractivity contribution in [2.75, 3.05) is 19.7 Å². The van der Waals surface area contributed by atoms with Crippen LogP contribution in [0.1, 0.15) is 18.2 Å². The SMILES string of the molecule is CC1CN(Cc2cccnc2CN)CCO1. The highest BCUT2D eigenvalue weighted by atomic mass is 16.5. The fourth-order valence-electron chi connectivity index (χ4n) is 2.07. The number of nitrogens with two attached hydrogens (primary N) is 1. The first kappa shape index (κ1) is 11.5. The van der Waals surface area contributed by atoms with Gasteiger partial charge in [0.2, 0.25) is 0 Å². The van der Waals surface area contributed by atoms with E-state index in [1.165, 1.54) is 5.56 Å². The van der Waals surface area contributed by atoms with Crippen molar-refractivity contribution in [3.8, 4) is 0 Å². The first-order valence-electron chi connectivity index (χ1n) is 5.76. The maximum atomic E-state index is 5.68. The molecular weight excluding hydrogens is 202 g/mol. The standard InChI is InChI=1S/C12H19N3O/c1-10-8-15(5-6-16-10)9-11-3-2-4-14-12(11)7-13/h2-4,10H,5-9,13H2,1H3. The molecule has 4 nitrogen and oxygen atoms in total. The van der Waals surface area contributed by atoms with Crippen LogP contribution < -0.4 is 5.73 Å². The quantitative estimate of drug-likeness (QED) is 0.818. The summed E-state index contributed by atoms with van der Waals surface area (Å²) in [6.07, 6.45) is 2.12. The molecule has 4 heteroatoms. The lowest BCUT2D eigenvalue weighted by molar-refractivity contribution is -0.0213. The number of pyridine rings is 1. The van der Waals surface area contributed by atoms with Gasteiger partial charge >= 0.3 is 0 Å². The third-order valence-electron chi connectivity index (χ3n) is 2.90. The van der Waals surface area contributed by atoms with Crippen molar-refractivity contribution in [2.45, 2.75) is 26.1 Å². The summed E-state index contributed by atoms with van der Waals surface area (Å²) in [6.45, 7) is 6.34. The molecule has 1 fully saturated rings. The molecule has 88 valence electrons. The molecule has 0 saturated carbocycles. The molecule has 1 atom stereocenters. The topological polar surface area (TPSA) is 51.4 Å². The van der Waals surface area contributed by atoms with E-state index >= 15 is 0 Å². The van der Waals surface area contributed by atoms with Crippen molar-refractivity contribution in [1.82, 2.24) is 9.88 Å². The Labute approximate surface area is 96.4 Å². The largest absolute Gasteiger partial charge is 0.376 e. The third-order valence-corrected chi connectivity index (χ3v) is 2.90. The average Bonchev–Trinajstić information content (AvgIpc) is 2.30. The summed E-state index contributed by atoms with van der Waals surface area (Å²) in [6, 6.07) is 4.08. The van der Waals surface area contributed by atoms with E-state index in [0.29, 0.717) is 12.6 Å². The molecule has 2 N–H and O–H groups in total. The Bertz CT molecular complexity index is 343. The van der Waals surface area contributed by atoms with Crippen LogP contribution in [0.5, 0.6) is 0 Å². The van der Waals surface area contributed by atoms with Gasteiger partial charge in [0, 0.05) is 32.4 Å². The average molecular weight is 221 g/mol. The highest BCUT2D eigenvalue weighted by molar-refractivity contribution is 5.19. The Kier molecular flexibility index (Phi) is 3.88. The van der Waals surface area contributed by atoms with E-state index in [9.17, 15) is 0 Å². The van der Waals surface area contributed by atoms with Crippen LogP contribution >= 0.6 is 0 Å². The summed E-state index contributed by atoms with van der Waals surface area (Å²) in [5, 5.41) is 0. The van der Waals surface area contributed by atoms with Crippen LogP contribution in [0.2, 0.25) is 0 Å². The molecule has 0 radical (unpaired) electrons. The highest BCUT2D eigenvalue weighted by Gasteiger charge is 2.17. The first-order valence-corrected chi connectivity index (χ1v) is 5.76. The summed E-state index contributed by atoms with van der Waals surface area (Å²) < 4.78 is 5.52. The Morgan fingerprint density at radius 2 is 2.50 bits per heavy atom. The lowest BCUT2D eigenvalue weighted by Gasteiger charge is -2.31. The number of aromatic nitrogens is 1. The number of rotatable bonds is 3. The molecule has 1 aromatic heterocycles. The zero-order valence-corrected chi connectivity index (χ0v) is 9.72. The molecule has 1 unspecified atom stereocenters. The van der Waals surface area contributed by atoms with Gasteiger partial charge in [0.15, 0.2) is 0 Å². The first-order chi connectivity index (χ1) is 7.79. The molecule has 1 saturated heterocycles. The van der Waals surface area contributed by atoms with Crippen LogP contribution in [0.3, 0.4) is 0 Å². The summed E-state index contributed by atoms with van der Waals surface area (Å²) in [7, 11) is 0. The van der Waals surface area contributed by atoms with E-state index in [2.05, 4.69) is 22.9 Å². The summed E-state index contributed by atoms with van der Waals surface area (Å²) >= 11 is 0. The minimum absolute atomic E-state index is 0.326. The Morgan fingerprint density at radius 1 is 1.62 bits per heavy atom. The molecule has 0 aromatic carbocycles. The van der Waals surface area contributed by atoms with Crippen molar-refractivity contribution in [1.29, 1.82) is 0 Å². The van der Waals surface area contributed by atoms with Crippen molar-refractivity contribution in [2.24, 2.45) is 5.73 Å². The molecule has 0 amide bonds. The fourth-order valence-corrected chi connectivity index (χ4v) is 2.07. The molecule has 16 heavy (non-hydrogen) atoms. The maximum Gasteiger partial charge on any atom is 0.0674 e. The van der Waals surface area contributed by atoms with Crippen LogP contribution in [0.15, 0.2) is 18.3 Å². The smallest absolute Gasteiger partial charge is 0.0674 e. The molecule has 2 rings (SSSR count). The lowest BCUT2D eigenvalue weighted by Crippen LogP contribution is -2.40. The van der Waals surface area contributed by atoms with Gasteiger partial charge < -0.3 is 10.5 Å². The molecule has 0 bridgehead atoms. The van der Waals surface area contributed by atoms with Gasteiger partial charge in [-0.1, -0.05) is 6.07 Å².